The Morgan fingerprint density at radius 2 is 1.33 bits per heavy atom. The van der Waals surface area contributed by atoms with Crippen molar-refractivity contribution >= 4 is 0 Å². The molecule has 3 aliphatic rings. The summed E-state index contributed by atoms with van der Waals surface area (Å²) in [5, 5.41) is 20.9. The Kier molecular flexibility index (Phi) is 11.5. The summed E-state index contributed by atoms with van der Waals surface area (Å²) in [5.74, 6) is 0.00592. The third kappa shape index (κ3) is 7.86. The largest absolute Gasteiger partial charge is 0.396 e. The van der Waals surface area contributed by atoms with Crippen LogP contribution < -0.4 is 0 Å². The second-order valence-corrected chi connectivity index (χ2v) is 15.1. The summed E-state index contributed by atoms with van der Waals surface area (Å²) in [6.45, 7) is 22.8. The van der Waals surface area contributed by atoms with Crippen LogP contribution in [0.1, 0.15) is 108 Å². The van der Waals surface area contributed by atoms with E-state index in [1.165, 1.54) is 77.5 Å². The van der Waals surface area contributed by atoms with Crippen LogP contribution in [0, 0.1) is 34.0 Å². The van der Waals surface area contributed by atoms with Gasteiger partial charge in [0.05, 0.1) is 0 Å². The van der Waals surface area contributed by atoms with Gasteiger partial charge in [0.15, 0.2) is 0 Å². The van der Waals surface area contributed by atoms with Crippen LogP contribution in [0.25, 0.3) is 0 Å². The monoisotopic (exact) mass is 572 g/mol. The van der Waals surface area contributed by atoms with Gasteiger partial charge in [-0.05, 0) is 95.1 Å². The molecule has 0 aromatic rings. The molecule has 4 atom stereocenters. The smallest absolute Gasteiger partial charge is 0.0500 e. The first kappa shape index (κ1) is 34.3. The summed E-state index contributed by atoms with van der Waals surface area (Å²) in [7, 11) is 0. The van der Waals surface area contributed by atoms with Crippen molar-refractivity contribution in [1.29, 1.82) is 0 Å². The number of aliphatic hydroxyl groups excluding tert-OH is 2. The molecule has 2 N–H and O–H groups in total. The number of hydrogen-bond acceptors (Lipinski definition) is 2. The van der Waals surface area contributed by atoms with Crippen molar-refractivity contribution in [2.24, 2.45) is 34.0 Å². The molecule has 0 saturated carbocycles. The van der Waals surface area contributed by atoms with Gasteiger partial charge in [-0.25, -0.2) is 0 Å². The maximum atomic E-state index is 10.6. The zero-order chi connectivity index (χ0) is 31.3. The standard InChI is InChI=1S/C40H60O2/c1-28(17-19-35-30(3)15-12-21-38(35,6)7)14-11-23-40(10)33(25-32(5)34(26-41)37(40)27-42)24-29(2)18-20-36-31(4)16-13-22-39(36,8)9/h11,14,17-20,23-25,33-34,37,41-42H,12-13,15-16,21-22,26-27H2,1-10H3/b19-17+,20-18+,23-11+,28-14+,29-24+/t33-,34-,37-,40+/m0/s1. The van der Waals surface area contributed by atoms with E-state index in [4.69, 9.17) is 0 Å². The molecule has 0 aliphatic heterocycles. The summed E-state index contributed by atoms with van der Waals surface area (Å²) < 4.78 is 0. The predicted octanol–water partition coefficient (Wildman–Crippen LogP) is 10.4. The van der Waals surface area contributed by atoms with E-state index in [1.54, 1.807) is 0 Å². The zero-order valence-electron chi connectivity index (χ0n) is 28.5. The lowest BCUT2D eigenvalue weighted by Crippen LogP contribution is -2.44. The van der Waals surface area contributed by atoms with E-state index >= 15 is 0 Å². The van der Waals surface area contributed by atoms with Crippen LogP contribution in [0.4, 0.5) is 0 Å². The second kappa shape index (κ2) is 14.1. The van der Waals surface area contributed by atoms with Crippen molar-refractivity contribution < 1.29 is 10.2 Å². The topological polar surface area (TPSA) is 40.5 Å². The van der Waals surface area contributed by atoms with Gasteiger partial charge in [-0.3, -0.25) is 0 Å². The van der Waals surface area contributed by atoms with E-state index in [-0.39, 0.29) is 47.2 Å². The van der Waals surface area contributed by atoms with E-state index in [1.807, 2.05) is 0 Å². The molecule has 232 valence electrons. The highest BCUT2D eigenvalue weighted by Crippen LogP contribution is 2.49. The average Bonchev–Trinajstić information content (AvgIpc) is 2.89. The van der Waals surface area contributed by atoms with Gasteiger partial charge in [-0.15, -0.1) is 0 Å². The Balaban J connectivity index is 1.93. The van der Waals surface area contributed by atoms with Gasteiger partial charge in [0.25, 0.3) is 0 Å². The van der Waals surface area contributed by atoms with Crippen molar-refractivity contribution in [1.82, 2.24) is 0 Å². The first-order chi connectivity index (χ1) is 19.7. The average molecular weight is 573 g/mol. The van der Waals surface area contributed by atoms with Crippen LogP contribution in [-0.4, -0.2) is 23.4 Å². The van der Waals surface area contributed by atoms with Gasteiger partial charge < -0.3 is 10.2 Å². The Labute approximate surface area is 258 Å². The van der Waals surface area contributed by atoms with E-state index in [9.17, 15) is 10.2 Å². The summed E-state index contributed by atoms with van der Waals surface area (Å²) >= 11 is 0. The Morgan fingerprint density at radius 1 is 0.810 bits per heavy atom. The van der Waals surface area contributed by atoms with Crippen LogP contribution in [0.5, 0.6) is 0 Å². The molecule has 0 spiro atoms. The minimum Gasteiger partial charge on any atom is -0.396 e. The molecular weight excluding hydrogens is 512 g/mol. The third-order valence-electron chi connectivity index (χ3n) is 10.8. The summed E-state index contributed by atoms with van der Waals surface area (Å²) in [4.78, 5) is 0. The van der Waals surface area contributed by atoms with E-state index in [2.05, 4.69) is 124 Å². The molecule has 0 saturated heterocycles. The summed E-state index contributed by atoms with van der Waals surface area (Å²) in [5.41, 5.74) is 9.71. The molecule has 0 radical (unpaired) electrons. The Hall–Kier alpha value is -2.16. The van der Waals surface area contributed by atoms with Crippen LogP contribution in [0.3, 0.4) is 0 Å². The third-order valence-corrected chi connectivity index (χ3v) is 10.8. The summed E-state index contributed by atoms with van der Waals surface area (Å²) in [6, 6.07) is 0. The first-order valence-corrected chi connectivity index (χ1v) is 16.4. The highest BCUT2D eigenvalue weighted by Gasteiger charge is 2.45. The molecule has 3 aliphatic carbocycles. The fourth-order valence-electron chi connectivity index (χ4n) is 7.89. The van der Waals surface area contributed by atoms with E-state index in [0.717, 1.165) is 0 Å². The quantitative estimate of drug-likeness (QED) is 0.213. The van der Waals surface area contributed by atoms with Crippen molar-refractivity contribution in [2.45, 2.75) is 108 Å². The lowest BCUT2D eigenvalue weighted by atomic mass is 9.58. The van der Waals surface area contributed by atoms with Crippen molar-refractivity contribution in [3.8, 4) is 0 Å². The fourth-order valence-corrected chi connectivity index (χ4v) is 7.89. The van der Waals surface area contributed by atoms with Gasteiger partial charge in [0, 0.05) is 36.4 Å². The lowest BCUT2D eigenvalue weighted by molar-refractivity contribution is 0.0443. The molecule has 0 bridgehead atoms. The van der Waals surface area contributed by atoms with Gasteiger partial charge in [0.2, 0.25) is 0 Å². The highest BCUT2D eigenvalue weighted by molar-refractivity contribution is 5.39. The molecule has 3 rings (SSSR count). The Morgan fingerprint density at radius 3 is 1.81 bits per heavy atom. The molecule has 0 heterocycles. The van der Waals surface area contributed by atoms with Crippen LogP contribution in [0.15, 0.2) is 93.7 Å². The number of allylic oxidation sites excluding steroid dienone is 15. The van der Waals surface area contributed by atoms with E-state index in [0.29, 0.717) is 0 Å². The SMILES string of the molecule is CC1=C[C@H](/C=C(C)/C=C/C2=C(C)CCCC2(C)C)[C@@](C)(/C=C/C=C(C)/C=C/C2=C(C)CCCC2(C)C)[C@@H](CO)[C@H]1CO. The summed E-state index contributed by atoms with van der Waals surface area (Å²) in [6.07, 6.45) is 27.9. The number of rotatable bonds is 9. The second-order valence-electron chi connectivity index (χ2n) is 15.1. The molecular formula is C40H60O2. The highest BCUT2D eigenvalue weighted by atomic mass is 16.3. The zero-order valence-corrected chi connectivity index (χ0v) is 28.5. The molecule has 0 unspecified atom stereocenters. The molecule has 0 amide bonds. The van der Waals surface area contributed by atoms with Crippen LogP contribution in [-0.2, 0) is 0 Å². The maximum absolute atomic E-state index is 10.6. The number of aliphatic hydroxyl groups is 2. The maximum Gasteiger partial charge on any atom is 0.0500 e. The van der Waals surface area contributed by atoms with Gasteiger partial charge in [-0.2, -0.15) is 0 Å². The minimum atomic E-state index is -0.332. The molecule has 2 nitrogen and oxygen atoms in total. The molecule has 0 aromatic heterocycles. The van der Waals surface area contributed by atoms with Gasteiger partial charge in [0.1, 0.15) is 0 Å². The molecule has 0 aromatic carbocycles. The molecule has 2 heteroatoms. The minimum absolute atomic E-state index is 0.0435. The molecule has 0 fully saturated rings. The van der Waals surface area contributed by atoms with E-state index < -0.39 is 0 Å². The van der Waals surface area contributed by atoms with Crippen molar-refractivity contribution in [2.75, 3.05) is 13.2 Å². The fraction of sp³-hybridized carbons (Fsp3) is 0.600. The van der Waals surface area contributed by atoms with Crippen molar-refractivity contribution in [3.05, 3.63) is 93.7 Å². The first-order valence-electron chi connectivity index (χ1n) is 16.4. The lowest BCUT2D eigenvalue weighted by Gasteiger charge is -2.47. The Bertz CT molecular complexity index is 1220. The van der Waals surface area contributed by atoms with Gasteiger partial charge >= 0.3 is 0 Å². The number of hydrogen-bond donors (Lipinski definition) is 2. The molecule has 42 heavy (non-hydrogen) atoms. The predicted molar refractivity (Wildman–Crippen MR) is 182 cm³/mol. The van der Waals surface area contributed by atoms with Crippen molar-refractivity contribution in [3.63, 3.8) is 0 Å². The normalized spacial score (nSPS) is 31.1. The van der Waals surface area contributed by atoms with Crippen LogP contribution >= 0.6 is 0 Å². The van der Waals surface area contributed by atoms with Crippen LogP contribution in [0.2, 0.25) is 0 Å². The van der Waals surface area contributed by atoms with Gasteiger partial charge in [-0.1, -0.05) is 117 Å².